The number of hydrogen-bond donors (Lipinski definition) is 1. The largest absolute Gasteiger partial charge is 0.416 e. The lowest BCUT2D eigenvalue weighted by atomic mass is 9.72. The molecule has 206 valence electrons. The highest BCUT2D eigenvalue weighted by molar-refractivity contribution is 7.98. The van der Waals surface area contributed by atoms with Gasteiger partial charge in [0.15, 0.2) is 0 Å². The van der Waals surface area contributed by atoms with Gasteiger partial charge < -0.3 is 15.0 Å². The zero-order valence-corrected chi connectivity index (χ0v) is 23.1. The maximum Gasteiger partial charge on any atom is 0.416 e. The molecule has 6 rings (SSSR count). The second-order valence-corrected chi connectivity index (χ2v) is 12.5. The van der Waals surface area contributed by atoms with Crippen molar-refractivity contribution in [3.05, 3.63) is 65.2 Å². The second kappa shape index (κ2) is 10.8. The average molecular weight is 547 g/mol. The molecule has 8 heteroatoms. The highest BCUT2D eigenvalue weighted by Gasteiger charge is 2.46. The van der Waals surface area contributed by atoms with Crippen LogP contribution in [0.25, 0.3) is 0 Å². The Balaban J connectivity index is 1.29. The number of likely N-dealkylation sites (tertiary alicyclic amines) is 1. The molecule has 0 spiro atoms. The van der Waals surface area contributed by atoms with E-state index in [1.54, 1.807) is 22.7 Å². The molecule has 4 aliphatic rings. The number of benzene rings is 2. The first-order valence-corrected chi connectivity index (χ1v) is 14.8. The van der Waals surface area contributed by atoms with Crippen molar-refractivity contribution in [2.45, 2.75) is 74.8 Å². The Morgan fingerprint density at radius 2 is 1.82 bits per heavy atom. The van der Waals surface area contributed by atoms with Gasteiger partial charge in [0.2, 0.25) is 0 Å². The van der Waals surface area contributed by atoms with E-state index < -0.39 is 17.8 Å². The number of fused-ring (bicyclic) bond motifs is 4. The summed E-state index contributed by atoms with van der Waals surface area (Å²) in [6, 6.07) is 13.0. The van der Waals surface area contributed by atoms with Crippen LogP contribution in [0.1, 0.15) is 68.7 Å². The van der Waals surface area contributed by atoms with Gasteiger partial charge in [-0.1, -0.05) is 44.2 Å². The van der Waals surface area contributed by atoms with Crippen molar-refractivity contribution in [2.75, 3.05) is 19.3 Å². The molecule has 1 aliphatic heterocycles. The zero-order chi connectivity index (χ0) is 27.1. The number of ether oxygens (including phenoxy) is 1. The molecule has 1 heterocycles. The van der Waals surface area contributed by atoms with E-state index in [0.717, 1.165) is 42.6 Å². The van der Waals surface area contributed by atoms with Crippen LogP contribution in [0, 0.1) is 17.8 Å². The lowest BCUT2D eigenvalue weighted by molar-refractivity contribution is -0.140. The summed E-state index contributed by atoms with van der Waals surface area (Å²) in [6.07, 6.45) is 1.69. The number of hydrogen-bond acceptors (Lipinski definition) is 3. The molecule has 38 heavy (non-hydrogen) atoms. The van der Waals surface area contributed by atoms with Gasteiger partial charge in [-0.25, -0.2) is 4.79 Å². The quantitative estimate of drug-likeness (QED) is 0.381. The maximum atomic E-state index is 13.9. The van der Waals surface area contributed by atoms with Crippen LogP contribution < -0.4 is 5.32 Å². The fourth-order valence-electron chi connectivity index (χ4n) is 6.88. The number of amides is 2. The summed E-state index contributed by atoms with van der Waals surface area (Å²) in [5.74, 6) is 1.95. The predicted octanol–water partition coefficient (Wildman–Crippen LogP) is 7.53. The van der Waals surface area contributed by atoms with Crippen molar-refractivity contribution in [1.82, 2.24) is 10.2 Å². The van der Waals surface area contributed by atoms with Crippen molar-refractivity contribution in [3.8, 4) is 0 Å². The van der Waals surface area contributed by atoms with Crippen molar-refractivity contribution in [1.29, 1.82) is 0 Å². The molecular formula is C30H37F3N2O2S. The Kier molecular flexibility index (Phi) is 7.75. The third kappa shape index (κ3) is 5.71. The van der Waals surface area contributed by atoms with Crippen LogP contribution in [-0.4, -0.2) is 41.9 Å². The van der Waals surface area contributed by atoms with E-state index in [1.165, 1.54) is 18.6 Å². The van der Waals surface area contributed by atoms with Crippen LogP contribution in [0.4, 0.5) is 18.0 Å². The standard InChI is InChI=1S/C30H37F3N2O2S/c1-19-14-22-12-13-29(15-19,16-20(22)2)34-28(36)35-17-23(18-35)37-27(21-8-10-24(38-3)11-9-21)25-6-4-5-7-26(25)30(31,32)33/h4-11,19-20,22-23,27H,12-18H2,1-3H3,(H,34,36). The summed E-state index contributed by atoms with van der Waals surface area (Å²) in [7, 11) is 0. The van der Waals surface area contributed by atoms with Crippen molar-refractivity contribution < 1.29 is 22.7 Å². The molecule has 4 nitrogen and oxygen atoms in total. The monoisotopic (exact) mass is 546 g/mol. The maximum absolute atomic E-state index is 13.9. The Morgan fingerprint density at radius 1 is 1.11 bits per heavy atom. The van der Waals surface area contributed by atoms with Crippen LogP contribution in [0.3, 0.4) is 0 Å². The summed E-state index contributed by atoms with van der Waals surface area (Å²) < 4.78 is 48.0. The molecule has 3 saturated carbocycles. The van der Waals surface area contributed by atoms with Gasteiger partial charge in [-0.15, -0.1) is 11.8 Å². The first-order chi connectivity index (χ1) is 18.1. The minimum absolute atomic E-state index is 0.0823. The van der Waals surface area contributed by atoms with E-state index >= 15 is 0 Å². The molecular weight excluding hydrogens is 509 g/mol. The number of alkyl halides is 3. The van der Waals surface area contributed by atoms with Crippen LogP contribution in [0.5, 0.6) is 0 Å². The average Bonchev–Trinajstić information content (AvgIpc) is 3.08. The molecule has 2 bridgehead atoms. The smallest absolute Gasteiger partial charge is 0.362 e. The SMILES string of the molecule is CSc1ccc(C(OC2CN(C(=O)NC34CCC(CC(C)C3)C(C)C4)C2)c2ccccc2C(F)(F)F)cc1. The molecule has 1 N–H and O–H groups in total. The van der Waals surface area contributed by atoms with Gasteiger partial charge in [0.05, 0.1) is 24.8 Å². The minimum atomic E-state index is -4.49. The van der Waals surface area contributed by atoms with E-state index in [1.807, 2.05) is 30.5 Å². The Morgan fingerprint density at radius 3 is 2.47 bits per heavy atom. The molecule has 3 aliphatic carbocycles. The summed E-state index contributed by atoms with van der Waals surface area (Å²) in [5, 5.41) is 3.38. The van der Waals surface area contributed by atoms with Crippen LogP contribution in [0.2, 0.25) is 0 Å². The van der Waals surface area contributed by atoms with Gasteiger partial charge >= 0.3 is 12.2 Å². The number of urea groups is 1. The highest BCUT2D eigenvalue weighted by Crippen LogP contribution is 2.47. The number of thioether (sulfide) groups is 1. The number of rotatable bonds is 6. The van der Waals surface area contributed by atoms with Crippen molar-refractivity contribution in [3.63, 3.8) is 0 Å². The molecule has 5 atom stereocenters. The van der Waals surface area contributed by atoms with Gasteiger partial charge in [0.25, 0.3) is 0 Å². The third-order valence-corrected chi connectivity index (χ3v) is 9.50. The van der Waals surface area contributed by atoms with Gasteiger partial charge in [-0.3, -0.25) is 0 Å². The van der Waals surface area contributed by atoms with Crippen molar-refractivity contribution >= 4 is 17.8 Å². The Labute approximate surface area is 227 Å². The molecule has 1 saturated heterocycles. The van der Waals surface area contributed by atoms with Crippen LogP contribution >= 0.6 is 11.8 Å². The third-order valence-electron chi connectivity index (χ3n) is 8.76. The van der Waals surface area contributed by atoms with E-state index in [-0.39, 0.29) is 23.2 Å². The van der Waals surface area contributed by atoms with Gasteiger partial charge in [-0.05, 0) is 85.4 Å². The first kappa shape index (κ1) is 27.4. The Bertz CT molecular complexity index is 1130. The molecule has 2 amide bonds. The summed E-state index contributed by atoms with van der Waals surface area (Å²) in [4.78, 5) is 16.0. The molecule has 4 fully saturated rings. The summed E-state index contributed by atoms with van der Waals surface area (Å²) in [6.45, 7) is 5.32. The van der Waals surface area contributed by atoms with Crippen LogP contribution in [-0.2, 0) is 10.9 Å². The lowest BCUT2D eigenvalue weighted by Gasteiger charge is -2.46. The normalized spacial score (nSPS) is 28.5. The van der Waals surface area contributed by atoms with E-state index in [0.29, 0.717) is 30.5 Å². The molecule has 2 aromatic carbocycles. The van der Waals surface area contributed by atoms with E-state index in [9.17, 15) is 18.0 Å². The number of carbonyl (C=O) groups excluding carboxylic acids is 1. The molecule has 0 aromatic heterocycles. The number of nitrogens with zero attached hydrogens (tertiary/aromatic N) is 1. The fraction of sp³-hybridized carbons (Fsp3) is 0.567. The van der Waals surface area contributed by atoms with Crippen LogP contribution in [0.15, 0.2) is 53.4 Å². The number of halogens is 3. The van der Waals surface area contributed by atoms with Gasteiger partial charge in [0, 0.05) is 10.4 Å². The predicted molar refractivity (Wildman–Crippen MR) is 144 cm³/mol. The fourth-order valence-corrected chi connectivity index (χ4v) is 7.29. The second-order valence-electron chi connectivity index (χ2n) is 11.6. The van der Waals surface area contributed by atoms with Crippen molar-refractivity contribution in [2.24, 2.45) is 17.8 Å². The number of nitrogens with one attached hydrogen (secondary N) is 1. The molecule has 5 unspecified atom stereocenters. The molecule has 0 radical (unpaired) electrons. The lowest BCUT2D eigenvalue weighted by Crippen LogP contribution is -2.62. The molecule has 2 aromatic rings. The Hall–Kier alpha value is -2.19. The summed E-state index contributed by atoms with van der Waals surface area (Å²) >= 11 is 1.57. The first-order valence-electron chi connectivity index (χ1n) is 13.6. The van der Waals surface area contributed by atoms with E-state index in [4.69, 9.17) is 4.74 Å². The topological polar surface area (TPSA) is 41.6 Å². The van der Waals surface area contributed by atoms with Gasteiger partial charge in [-0.2, -0.15) is 13.2 Å². The van der Waals surface area contributed by atoms with Gasteiger partial charge in [0.1, 0.15) is 6.10 Å². The number of carbonyl (C=O) groups is 1. The van der Waals surface area contributed by atoms with E-state index in [2.05, 4.69) is 19.2 Å². The highest BCUT2D eigenvalue weighted by atomic mass is 32.2. The minimum Gasteiger partial charge on any atom is -0.362 e. The summed E-state index contributed by atoms with van der Waals surface area (Å²) in [5.41, 5.74) is -0.0854. The zero-order valence-electron chi connectivity index (χ0n) is 22.3.